The molecule has 1 aromatic rings. The number of ether oxygens (including phenoxy) is 2. The van der Waals surface area contributed by atoms with Gasteiger partial charge in [-0.15, -0.1) is 11.8 Å². The minimum absolute atomic E-state index is 0.0919. The summed E-state index contributed by atoms with van der Waals surface area (Å²) < 4.78 is 9.93. The summed E-state index contributed by atoms with van der Waals surface area (Å²) in [7, 11) is 1.60. The number of anilines is 1. The van der Waals surface area contributed by atoms with Gasteiger partial charge in [0.1, 0.15) is 11.8 Å². The third kappa shape index (κ3) is 4.12. The zero-order chi connectivity index (χ0) is 25.3. The second kappa shape index (κ2) is 10.3. The molecule has 5 atom stereocenters. The van der Waals surface area contributed by atoms with Crippen LogP contribution in [-0.4, -0.2) is 77.2 Å². The van der Waals surface area contributed by atoms with Crippen molar-refractivity contribution in [2.45, 2.75) is 41.7 Å². The van der Waals surface area contributed by atoms with Crippen LogP contribution in [0.4, 0.5) is 5.69 Å². The van der Waals surface area contributed by atoms with Crippen molar-refractivity contribution >= 4 is 35.2 Å². The maximum absolute atomic E-state index is 14.3. The number of nitrogens with zero attached hydrogens (tertiary/aromatic N) is 2. The quantitative estimate of drug-likeness (QED) is 0.341. The van der Waals surface area contributed by atoms with E-state index in [2.05, 4.69) is 0 Å². The van der Waals surface area contributed by atoms with E-state index in [4.69, 9.17) is 9.47 Å². The lowest BCUT2D eigenvalue weighted by molar-refractivity contribution is -0.153. The highest BCUT2D eigenvalue weighted by molar-refractivity contribution is 8.02. The fourth-order valence-corrected chi connectivity index (χ4v) is 7.91. The molecule has 2 amide bonds. The van der Waals surface area contributed by atoms with Gasteiger partial charge < -0.3 is 24.4 Å². The molecule has 36 heavy (non-hydrogen) atoms. The van der Waals surface area contributed by atoms with E-state index in [9.17, 15) is 19.5 Å². The number of hydrogen-bond donors (Lipinski definition) is 1. The lowest BCUT2D eigenvalue weighted by Crippen LogP contribution is -2.53. The van der Waals surface area contributed by atoms with Crippen molar-refractivity contribution in [3.05, 3.63) is 48.6 Å². The van der Waals surface area contributed by atoms with Gasteiger partial charge in [0, 0.05) is 30.6 Å². The average molecular weight is 513 g/mol. The van der Waals surface area contributed by atoms with E-state index in [0.717, 1.165) is 12.1 Å². The molecule has 9 heteroatoms. The van der Waals surface area contributed by atoms with Crippen LogP contribution >= 0.6 is 11.8 Å². The highest BCUT2D eigenvalue weighted by Gasteiger charge is 2.70. The SMILES string of the molecule is COc1ccc(N2CC=C[C@]34S[C@H]5C=CCCOC(=O)[C@H]5[C@H]3C(=O)N(CCCCCO)C4C2=O)cc1. The Labute approximate surface area is 215 Å². The largest absolute Gasteiger partial charge is 0.497 e. The standard InChI is InChI=1S/C27H32N2O6S/c1-34-19-11-9-18(10-12-19)28-15-7-13-27-22(21-20(36-27)8-3-6-17-35-26(21)33)24(31)29(23(27)25(28)32)14-4-2-5-16-30/h3,7-13,20-23,30H,2,4-6,14-17H2,1H3/t20-,21+,22-,23?,27-/m0/s1. The minimum atomic E-state index is -0.852. The van der Waals surface area contributed by atoms with Gasteiger partial charge in [-0.25, -0.2) is 0 Å². The highest BCUT2D eigenvalue weighted by Crippen LogP contribution is 2.60. The molecule has 0 bridgehead atoms. The molecule has 0 aliphatic carbocycles. The molecular formula is C27H32N2O6S. The summed E-state index contributed by atoms with van der Waals surface area (Å²) in [5.41, 5.74) is 0.729. The number of benzene rings is 1. The summed E-state index contributed by atoms with van der Waals surface area (Å²) in [6.45, 7) is 1.17. The number of aliphatic hydroxyl groups is 1. The summed E-state index contributed by atoms with van der Waals surface area (Å²) in [6.07, 6.45) is 10.7. The first-order valence-electron chi connectivity index (χ1n) is 12.6. The Balaban J connectivity index is 1.55. The van der Waals surface area contributed by atoms with E-state index < -0.39 is 22.6 Å². The van der Waals surface area contributed by atoms with Gasteiger partial charge in [-0.1, -0.05) is 24.3 Å². The number of aliphatic hydroxyl groups excluding tert-OH is 1. The van der Waals surface area contributed by atoms with Gasteiger partial charge >= 0.3 is 5.97 Å². The predicted molar refractivity (Wildman–Crippen MR) is 137 cm³/mol. The number of hydrogen-bond acceptors (Lipinski definition) is 7. The number of fused-ring (bicyclic) bond motifs is 2. The molecule has 1 aromatic carbocycles. The van der Waals surface area contributed by atoms with Gasteiger partial charge in [0.2, 0.25) is 5.91 Å². The number of rotatable bonds is 7. The first-order chi connectivity index (χ1) is 17.5. The number of thioether (sulfide) groups is 1. The number of cyclic esters (lactones) is 1. The van der Waals surface area contributed by atoms with Crippen LogP contribution in [0.5, 0.6) is 5.75 Å². The smallest absolute Gasteiger partial charge is 0.311 e. The third-order valence-electron chi connectivity index (χ3n) is 7.56. The zero-order valence-corrected chi connectivity index (χ0v) is 21.2. The first-order valence-corrected chi connectivity index (χ1v) is 13.5. The Kier molecular flexibility index (Phi) is 7.12. The molecule has 0 aromatic heterocycles. The Morgan fingerprint density at radius 1 is 1.11 bits per heavy atom. The van der Waals surface area contributed by atoms with Crippen LogP contribution in [-0.2, 0) is 19.1 Å². The van der Waals surface area contributed by atoms with Crippen molar-refractivity contribution in [1.29, 1.82) is 0 Å². The van der Waals surface area contributed by atoms with Gasteiger partial charge in [-0.05, 0) is 49.9 Å². The lowest BCUT2D eigenvalue weighted by atomic mass is 9.78. The Morgan fingerprint density at radius 3 is 2.67 bits per heavy atom. The summed E-state index contributed by atoms with van der Waals surface area (Å²) in [5, 5.41) is 8.97. The van der Waals surface area contributed by atoms with E-state index >= 15 is 0 Å². The van der Waals surface area contributed by atoms with Crippen molar-refractivity contribution in [3.8, 4) is 5.75 Å². The number of esters is 1. The van der Waals surface area contributed by atoms with Gasteiger partial charge in [0.15, 0.2) is 0 Å². The molecule has 1 N–H and O–H groups in total. The fraction of sp³-hybridized carbons (Fsp3) is 0.519. The molecular weight excluding hydrogens is 480 g/mol. The summed E-state index contributed by atoms with van der Waals surface area (Å²) >= 11 is 1.55. The molecule has 4 aliphatic heterocycles. The monoisotopic (exact) mass is 512 g/mol. The molecule has 1 spiro atoms. The normalized spacial score (nSPS) is 31.3. The summed E-state index contributed by atoms with van der Waals surface area (Å²) in [4.78, 5) is 44.8. The molecule has 1 unspecified atom stereocenters. The fourth-order valence-electron chi connectivity index (χ4n) is 5.91. The number of likely N-dealkylation sites (tertiary alicyclic amines) is 1. The molecule has 4 aliphatic rings. The second-order valence-corrected chi connectivity index (χ2v) is 11.1. The van der Waals surface area contributed by atoms with E-state index in [-0.39, 0.29) is 29.6 Å². The number of unbranched alkanes of at least 4 members (excludes halogenated alkanes) is 2. The van der Waals surface area contributed by atoms with Crippen molar-refractivity contribution < 1.29 is 29.0 Å². The average Bonchev–Trinajstić information content (AvgIpc) is 3.25. The number of carbonyl (C=O) groups excluding carboxylic acids is 3. The third-order valence-corrected chi connectivity index (χ3v) is 9.31. The van der Waals surface area contributed by atoms with Gasteiger partial charge in [0.25, 0.3) is 5.91 Å². The van der Waals surface area contributed by atoms with Gasteiger partial charge in [0.05, 0.1) is 30.3 Å². The Bertz CT molecular complexity index is 1070. The van der Waals surface area contributed by atoms with Crippen molar-refractivity contribution in [2.24, 2.45) is 11.8 Å². The summed E-state index contributed by atoms with van der Waals surface area (Å²) in [6, 6.07) is 6.59. The maximum atomic E-state index is 14.3. The second-order valence-electron chi connectivity index (χ2n) is 9.59. The van der Waals surface area contributed by atoms with Crippen LogP contribution in [0.2, 0.25) is 0 Å². The molecule has 8 nitrogen and oxygen atoms in total. The minimum Gasteiger partial charge on any atom is -0.497 e. The zero-order valence-electron chi connectivity index (χ0n) is 20.4. The van der Waals surface area contributed by atoms with Crippen LogP contribution in [0.1, 0.15) is 25.7 Å². The Hall–Kier alpha value is -2.78. The van der Waals surface area contributed by atoms with E-state index in [1.807, 2.05) is 48.6 Å². The van der Waals surface area contributed by atoms with E-state index in [1.165, 1.54) is 0 Å². The highest BCUT2D eigenvalue weighted by atomic mass is 32.2. The molecule has 5 rings (SSSR count). The van der Waals surface area contributed by atoms with Crippen molar-refractivity contribution in [2.75, 3.05) is 38.3 Å². The van der Waals surface area contributed by atoms with Gasteiger partial charge in [-0.2, -0.15) is 0 Å². The molecule has 192 valence electrons. The van der Waals surface area contributed by atoms with Crippen LogP contribution in [0.3, 0.4) is 0 Å². The summed E-state index contributed by atoms with van der Waals surface area (Å²) in [5.74, 6) is -1.27. The Morgan fingerprint density at radius 2 is 1.92 bits per heavy atom. The molecule has 2 fully saturated rings. The first kappa shape index (κ1) is 24.9. The molecule has 2 saturated heterocycles. The molecule has 0 saturated carbocycles. The van der Waals surface area contributed by atoms with Crippen molar-refractivity contribution in [3.63, 3.8) is 0 Å². The molecule has 0 radical (unpaired) electrons. The number of methoxy groups -OCH3 is 1. The predicted octanol–water partition coefficient (Wildman–Crippen LogP) is 2.56. The van der Waals surface area contributed by atoms with Gasteiger partial charge in [-0.3, -0.25) is 14.4 Å². The number of carbonyl (C=O) groups is 3. The van der Waals surface area contributed by atoms with E-state index in [0.29, 0.717) is 44.7 Å². The number of amides is 2. The van der Waals surface area contributed by atoms with E-state index in [1.54, 1.807) is 28.7 Å². The van der Waals surface area contributed by atoms with Crippen LogP contribution in [0.15, 0.2) is 48.6 Å². The topological polar surface area (TPSA) is 96.4 Å². The van der Waals surface area contributed by atoms with Crippen LogP contribution in [0, 0.1) is 11.8 Å². The molecule has 4 heterocycles. The van der Waals surface area contributed by atoms with Crippen molar-refractivity contribution in [1.82, 2.24) is 4.90 Å². The lowest BCUT2D eigenvalue weighted by Gasteiger charge is -2.35. The van der Waals surface area contributed by atoms with Crippen LogP contribution < -0.4 is 9.64 Å². The maximum Gasteiger partial charge on any atom is 0.311 e. The van der Waals surface area contributed by atoms with Crippen LogP contribution in [0.25, 0.3) is 0 Å².